The first kappa shape index (κ1) is 11.2. The number of hydrogen-bond acceptors (Lipinski definition) is 3. The largest absolute Gasteiger partial charge is 0.352 e. The number of nitrogens with one attached hydrogen (secondary N) is 1. The van der Waals surface area contributed by atoms with Crippen LogP contribution in [0.4, 0.5) is 0 Å². The van der Waals surface area contributed by atoms with Crippen LogP contribution in [-0.4, -0.2) is 40.8 Å². The number of ketones is 1. The van der Waals surface area contributed by atoms with Crippen molar-refractivity contribution in [3.8, 4) is 0 Å². The van der Waals surface area contributed by atoms with Gasteiger partial charge in [0.2, 0.25) is 5.91 Å². The maximum atomic E-state index is 12.0. The van der Waals surface area contributed by atoms with Crippen LogP contribution in [0.2, 0.25) is 0 Å². The minimum absolute atomic E-state index is 0.134. The Hall–Kier alpha value is -0.900. The Morgan fingerprint density at radius 1 is 1.24 bits per heavy atom. The number of amides is 1. The van der Waals surface area contributed by atoms with Gasteiger partial charge in [-0.1, -0.05) is 13.8 Å². The van der Waals surface area contributed by atoms with E-state index < -0.39 is 0 Å². The summed E-state index contributed by atoms with van der Waals surface area (Å²) >= 11 is 0. The lowest BCUT2D eigenvalue weighted by molar-refractivity contribution is -0.155. The van der Waals surface area contributed by atoms with Crippen molar-refractivity contribution >= 4 is 11.7 Å². The first-order chi connectivity index (χ1) is 8.01. The van der Waals surface area contributed by atoms with Crippen LogP contribution < -0.4 is 5.32 Å². The summed E-state index contributed by atoms with van der Waals surface area (Å²) in [5.41, 5.74) is -0.623. The van der Waals surface area contributed by atoms with E-state index in [1.807, 2.05) is 0 Å². The van der Waals surface area contributed by atoms with Gasteiger partial charge in [0.15, 0.2) is 5.78 Å². The molecule has 4 heteroatoms. The molecule has 3 aliphatic rings. The fourth-order valence-corrected chi connectivity index (χ4v) is 3.66. The highest BCUT2D eigenvalue weighted by Crippen LogP contribution is 2.51. The van der Waals surface area contributed by atoms with Crippen LogP contribution in [0.5, 0.6) is 0 Å². The quantitative estimate of drug-likeness (QED) is 0.718. The molecule has 2 saturated heterocycles. The van der Waals surface area contributed by atoms with Crippen molar-refractivity contribution in [2.75, 3.05) is 13.1 Å². The summed E-state index contributed by atoms with van der Waals surface area (Å²) in [4.78, 5) is 26.2. The SMILES string of the molecule is CC(C)CN1[C@@]2(CCC2=O)CC[C@]12CNC2=O. The number of Topliss-reactive ketones (excluding diaryl/α,β-unsaturated/α-hetero) is 1. The normalized spacial score (nSPS) is 40.9. The van der Waals surface area contributed by atoms with Gasteiger partial charge in [-0.3, -0.25) is 14.5 Å². The number of nitrogens with zero attached hydrogens (tertiary/aromatic N) is 1. The molecule has 0 unspecified atom stereocenters. The maximum Gasteiger partial charge on any atom is 0.242 e. The highest BCUT2D eigenvalue weighted by molar-refractivity contribution is 5.99. The first-order valence-corrected chi connectivity index (χ1v) is 6.61. The van der Waals surface area contributed by atoms with Gasteiger partial charge >= 0.3 is 0 Å². The number of hydrogen-bond donors (Lipinski definition) is 1. The molecule has 2 aliphatic heterocycles. The van der Waals surface area contributed by atoms with Gasteiger partial charge in [0.25, 0.3) is 0 Å². The molecule has 3 fully saturated rings. The van der Waals surface area contributed by atoms with Crippen molar-refractivity contribution in [1.29, 1.82) is 0 Å². The first-order valence-electron chi connectivity index (χ1n) is 6.61. The molecule has 3 rings (SSSR count). The van der Waals surface area contributed by atoms with Crippen LogP contribution in [0.1, 0.15) is 39.5 Å². The Labute approximate surface area is 102 Å². The standard InChI is InChI=1S/C13H20N2O2/c1-9(2)7-15-12(4-3-10(12)16)5-6-13(15)8-14-11(13)17/h9H,3-8H2,1-2H3,(H,14,17)/t12-,13+/m0/s1. The smallest absolute Gasteiger partial charge is 0.242 e. The minimum atomic E-state index is -0.347. The van der Waals surface area contributed by atoms with Crippen LogP contribution in [0.15, 0.2) is 0 Å². The van der Waals surface area contributed by atoms with Gasteiger partial charge in [-0.15, -0.1) is 0 Å². The highest BCUT2D eigenvalue weighted by Gasteiger charge is 2.66. The zero-order valence-corrected chi connectivity index (χ0v) is 10.6. The highest BCUT2D eigenvalue weighted by atomic mass is 16.2. The van der Waals surface area contributed by atoms with Crippen LogP contribution in [0.25, 0.3) is 0 Å². The molecule has 4 nitrogen and oxygen atoms in total. The van der Waals surface area contributed by atoms with E-state index in [-0.39, 0.29) is 17.0 Å². The van der Waals surface area contributed by atoms with Gasteiger partial charge in [-0.25, -0.2) is 0 Å². The van der Waals surface area contributed by atoms with E-state index >= 15 is 0 Å². The minimum Gasteiger partial charge on any atom is -0.352 e. The molecule has 0 radical (unpaired) electrons. The molecule has 0 aromatic carbocycles. The van der Waals surface area contributed by atoms with E-state index in [1.54, 1.807) is 0 Å². The summed E-state index contributed by atoms with van der Waals surface area (Å²) in [5.74, 6) is 0.980. The summed E-state index contributed by atoms with van der Waals surface area (Å²) in [6.45, 7) is 5.89. The van der Waals surface area contributed by atoms with Gasteiger partial charge in [-0.2, -0.15) is 0 Å². The van der Waals surface area contributed by atoms with Gasteiger partial charge < -0.3 is 5.32 Å². The van der Waals surface area contributed by atoms with Crippen molar-refractivity contribution in [1.82, 2.24) is 10.2 Å². The lowest BCUT2D eigenvalue weighted by Crippen LogP contribution is -2.75. The number of rotatable bonds is 2. The van der Waals surface area contributed by atoms with Crippen molar-refractivity contribution in [2.24, 2.45) is 5.92 Å². The molecule has 1 amide bonds. The van der Waals surface area contributed by atoms with Crippen LogP contribution in [0.3, 0.4) is 0 Å². The Kier molecular flexibility index (Phi) is 2.18. The van der Waals surface area contributed by atoms with Crippen molar-refractivity contribution < 1.29 is 9.59 Å². The lowest BCUT2D eigenvalue weighted by atomic mass is 9.73. The zero-order valence-electron chi connectivity index (χ0n) is 10.6. The molecule has 17 heavy (non-hydrogen) atoms. The lowest BCUT2D eigenvalue weighted by Gasteiger charge is -2.53. The molecule has 1 aliphatic carbocycles. The second-order valence-corrected chi connectivity index (χ2v) is 6.17. The zero-order chi connectivity index (χ0) is 12.3. The van der Waals surface area contributed by atoms with Crippen molar-refractivity contribution in [3.05, 3.63) is 0 Å². The fraction of sp³-hybridized carbons (Fsp3) is 0.846. The monoisotopic (exact) mass is 236 g/mol. The Morgan fingerprint density at radius 2 is 1.94 bits per heavy atom. The number of likely N-dealkylation sites (tertiary alicyclic amines) is 1. The third kappa shape index (κ3) is 1.22. The Morgan fingerprint density at radius 3 is 2.29 bits per heavy atom. The van der Waals surface area contributed by atoms with Gasteiger partial charge in [0.1, 0.15) is 5.54 Å². The summed E-state index contributed by atoms with van der Waals surface area (Å²) in [5, 5.41) is 2.85. The molecule has 1 saturated carbocycles. The van der Waals surface area contributed by atoms with Crippen LogP contribution in [-0.2, 0) is 9.59 Å². The molecule has 2 atom stereocenters. The molecular weight excluding hydrogens is 216 g/mol. The average Bonchev–Trinajstić information content (AvgIpc) is 2.64. The molecule has 0 bridgehead atoms. The summed E-state index contributed by atoms with van der Waals surface area (Å²) in [6, 6.07) is 0. The molecular formula is C13H20N2O2. The summed E-state index contributed by atoms with van der Waals surface area (Å²) in [6.07, 6.45) is 3.39. The molecule has 2 spiro atoms. The van der Waals surface area contributed by atoms with Gasteiger partial charge in [0, 0.05) is 19.5 Å². The van der Waals surface area contributed by atoms with Crippen molar-refractivity contribution in [2.45, 2.75) is 50.6 Å². The van der Waals surface area contributed by atoms with Gasteiger partial charge in [0.05, 0.1) is 5.54 Å². The molecule has 0 aromatic rings. The van der Waals surface area contributed by atoms with Crippen LogP contribution >= 0.6 is 0 Å². The topological polar surface area (TPSA) is 49.4 Å². The predicted octanol–water partition coefficient (Wildman–Crippen LogP) is 0.708. The third-order valence-corrected chi connectivity index (χ3v) is 4.78. The maximum absolute atomic E-state index is 12.0. The van der Waals surface area contributed by atoms with E-state index in [9.17, 15) is 9.59 Å². The van der Waals surface area contributed by atoms with E-state index in [0.717, 1.165) is 32.4 Å². The number of β-lactam (4-membered cyclic amide) rings is 1. The van der Waals surface area contributed by atoms with Crippen molar-refractivity contribution in [3.63, 3.8) is 0 Å². The predicted molar refractivity (Wildman–Crippen MR) is 63.5 cm³/mol. The van der Waals surface area contributed by atoms with E-state index in [2.05, 4.69) is 24.1 Å². The molecule has 1 N–H and O–H groups in total. The average molecular weight is 236 g/mol. The molecule has 0 aromatic heterocycles. The molecule has 94 valence electrons. The summed E-state index contributed by atoms with van der Waals surface area (Å²) in [7, 11) is 0. The van der Waals surface area contributed by atoms with E-state index in [1.165, 1.54) is 0 Å². The Bertz CT molecular complexity index is 361. The van der Waals surface area contributed by atoms with E-state index in [4.69, 9.17) is 0 Å². The van der Waals surface area contributed by atoms with E-state index in [0.29, 0.717) is 18.1 Å². The number of carbonyl (C=O) groups is 2. The van der Waals surface area contributed by atoms with Gasteiger partial charge in [-0.05, 0) is 25.2 Å². The molecule has 2 heterocycles. The third-order valence-electron chi connectivity index (χ3n) is 4.78. The van der Waals surface area contributed by atoms with Crippen LogP contribution in [0, 0.1) is 5.92 Å². The second-order valence-electron chi connectivity index (χ2n) is 6.17. The second kappa shape index (κ2) is 3.31. The number of carbonyl (C=O) groups excluding carboxylic acids is 2. The fourth-order valence-electron chi connectivity index (χ4n) is 3.66. The summed E-state index contributed by atoms with van der Waals surface area (Å²) < 4.78 is 0. The Balaban J connectivity index is 1.93.